The summed E-state index contributed by atoms with van der Waals surface area (Å²) in [7, 11) is 2.08. The predicted octanol–water partition coefficient (Wildman–Crippen LogP) is 4.05. The molecule has 0 aliphatic heterocycles. The van der Waals surface area contributed by atoms with Gasteiger partial charge in [-0.25, -0.2) is 4.39 Å². The van der Waals surface area contributed by atoms with Gasteiger partial charge < -0.3 is 4.57 Å². The third-order valence-electron chi connectivity index (χ3n) is 5.23. The van der Waals surface area contributed by atoms with Crippen molar-refractivity contribution in [2.75, 3.05) is 5.75 Å². The zero-order chi connectivity index (χ0) is 19.0. The molecule has 1 heterocycles. The maximum Gasteiger partial charge on any atom is 0.165 e. The van der Waals surface area contributed by atoms with Gasteiger partial charge in [0.15, 0.2) is 5.78 Å². The van der Waals surface area contributed by atoms with Crippen LogP contribution in [0, 0.1) is 12.7 Å². The summed E-state index contributed by atoms with van der Waals surface area (Å²) < 4.78 is 15.9. The fourth-order valence-corrected chi connectivity index (χ4v) is 5.06. The van der Waals surface area contributed by atoms with Gasteiger partial charge in [0.1, 0.15) is 13.7 Å². The first-order valence-electron chi connectivity index (χ1n) is 9.58. The van der Waals surface area contributed by atoms with Gasteiger partial charge in [0, 0.05) is 40.0 Å². The number of ketones is 1. The molecule has 27 heavy (non-hydrogen) atoms. The molecule has 0 spiro atoms. The predicted molar refractivity (Wildman–Crippen MR) is 114 cm³/mol. The molecular weight excluding hydrogens is 356 g/mol. The summed E-state index contributed by atoms with van der Waals surface area (Å²) in [6.45, 7) is 2.81. The molecule has 0 amide bonds. The van der Waals surface area contributed by atoms with E-state index in [1.807, 2.05) is 13.0 Å². The van der Waals surface area contributed by atoms with E-state index in [-0.39, 0.29) is 11.6 Å². The van der Waals surface area contributed by atoms with Crippen LogP contribution in [0.3, 0.4) is 0 Å². The first-order valence-corrected chi connectivity index (χ1v) is 10.6. The van der Waals surface area contributed by atoms with Crippen LogP contribution >= 0.6 is 11.8 Å². The van der Waals surface area contributed by atoms with Gasteiger partial charge in [-0.15, -0.1) is 11.8 Å². The minimum absolute atomic E-state index is 0.170. The van der Waals surface area contributed by atoms with Gasteiger partial charge >= 0.3 is 0 Å². The van der Waals surface area contributed by atoms with E-state index in [0.29, 0.717) is 6.42 Å². The molecule has 2 nitrogen and oxygen atoms in total. The van der Waals surface area contributed by atoms with Gasteiger partial charge in [0.05, 0.1) is 0 Å². The Kier molecular flexibility index (Phi) is 5.13. The quantitative estimate of drug-likeness (QED) is 0.379. The Morgan fingerprint density at radius 3 is 2.85 bits per heavy atom. The largest absolute Gasteiger partial charge is 0.344 e. The van der Waals surface area contributed by atoms with Gasteiger partial charge in [-0.05, 0) is 61.8 Å². The number of nitrogens with zero attached hydrogens (tertiary/aromatic N) is 1. The third kappa shape index (κ3) is 3.70. The molecule has 4 rings (SSSR count). The lowest BCUT2D eigenvalue weighted by molar-refractivity contribution is 0.0973. The number of carbonyl (C=O) groups is 1. The van der Waals surface area contributed by atoms with E-state index >= 15 is 0 Å². The second kappa shape index (κ2) is 7.55. The van der Waals surface area contributed by atoms with Crippen molar-refractivity contribution in [3.63, 3.8) is 0 Å². The summed E-state index contributed by atoms with van der Waals surface area (Å²) >= 11 is 1.70. The molecular formula is C22H23BFNOS. The molecule has 0 fully saturated rings. The highest BCUT2D eigenvalue weighted by Crippen LogP contribution is 2.32. The molecule has 1 aliphatic rings. The van der Waals surface area contributed by atoms with Crippen molar-refractivity contribution in [2.45, 2.75) is 44.0 Å². The summed E-state index contributed by atoms with van der Waals surface area (Å²) in [6, 6.07) is 11.6. The van der Waals surface area contributed by atoms with Gasteiger partial charge in [0.2, 0.25) is 0 Å². The van der Waals surface area contributed by atoms with Crippen LogP contribution in [0.25, 0.3) is 10.9 Å². The molecule has 0 unspecified atom stereocenters. The SMILES string of the molecule is Bc1ccc2c(c1)c1c(n2CCCSc2cc(C)cc(F)c2)CCCC1=O. The Labute approximate surface area is 164 Å². The Morgan fingerprint density at radius 1 is 1.19 bits per heavy atom. The summed E-state index contributed by atoms with van der Waals surface area (Å²) in [4.78, 5) is 13.5. The molecule has 138 valence electrons. The third-order valence-corrected chi connectivity index (χ3v) is 6.30. The van der Waals surface area contributed by atoms with Crippen molar-refractivity contribution in [1.82, 2.24) is 4.57 Å². The van der Waals surface area contributed by atoms with E-state index < -0.39 is 0 Å². The molecule has 3 aromatic rings. The van der Waals surface area contributed by atoms with Crippen molar-refractivity contribution in [2.24, 2.45) is 0 Å². The van der Waals surface area contributed by atoms with E-state index in [9.17, 15) is 9.18 Å². The molecule has 0 saturated heterocycles. The highest BCUT2D eigenvalue weighted by molar-refractivity contribution is 7.99. The maximum absolute atomic E-state index is 13.5. The van der Waals surface area contributed by atoms with Crippen LogP contribution in [-0.2, 0) is 13.0 Å². The smallest absolute Gasteiger partial charge is 0.165 e. The van der Waals surface area contributed by atoms with Gasteiger partial charge in [-0.1, -0.05) is 17.6 Å². The van der Waals surface area contributed by atoms with Gasteiger partial charge in [-0.3, -0.25) is 4.79 Å². The molecule has 0 N–H and O–H groups in total. The number of halogens is 1. The lowest BCUT2D eigenvalue weighted by atomic mass is 9.90. The second-order valence-corrected chi connectivity index (χ2v) is 8.61. The minimum Gasteiger partial charge on any atom is -0.344 e. The van der Waals surface area contributed by atoms with E-state index in [0.717, 1.165) is 53.0 Å². The Balaban J connectivity index is 1.54. The fourth-order valence-electron chi connectivity index (χ4n) is 4.09. The van der Waals surface area contributed by atoms with E-state index in [1.165, 1.54) is 16.7 Å². The summed E-state index contributed by atoms with van der Waals surface area (Å²) in [5, 5.41) is 1.11. The number of fused-ring (bicyclic) bond motifs is 3. The van der Waals surface area contributed by atoms with Crippen molar-refractivity contribution < 1.29 is 9.18 Å². The maximum atomic E-state index is 13.5. The summed E-state index contributed by atoms with van der Waals surface area (Å²) in [5.41, 5.74) is 5.48. The standard InChI is InChI=1S/C22H23BFNOS/c1-14-10-16(24)13-17(11-14)27-9-3-8-25-19-7-6-15(23)12-18(19)22-20(25)4-2-5-21(22)26/h6-7,10-13H,2-5,8-9,23H2,1H3. The number of rotatable bonds is 5. The molecule has 1 aromatic heterocycles. The van der Waals surface area contributed by atoms with E-state index in [1.54, 1.807) is 23.9 Å². The van der Waals surface area contributed by atoms with Crippen LogP contribution in [0.5, 0.6) is 0 Å². The Hall–Kier alpha value is -2.01. The highest BCUT2D eigenvalue weighted by atomic mass is 32.2. The van der Waals surface area contributed by atoms with Crippen LogP contribution in [0.1, 0.15) is 40.9 Å². The van der Waals surface area contributed by atoms with E-state index in [4.69, 9.17) is 0 Å². The molecule has 5 heteroatoms. The highest BCUT2D eigenvalue weighted by Gasteiger charge is 2.25. The van der Waals surface area contributed by atoms with Crippen LogP contribution in [0.4, 0.5) is 4.39 Å². The van der Waals surface area contributed by atoms with Gasteiger partial charge in [-0.2, -0.15) is 0 Å². The molecule has 2 aromatic carbocycles. The first-order chi connectivity index (χ1) is 13.0. The molecule has 0 saturated carbocycles. The molecule has 1 aliphatic carbocycles. The monoisotopic (exact) mass is 379 g/mol. The zero-order valence-electron chi connectivity index (χ0n) is 15.8. The molecule has 0 atom stereocenters. The number of thioether (sulfide) groups is 1. The summed E-state index contributed by atoms with van der Waals surface area (Å²) in [5.74, 6) is 1.05. The Morgan fingerprint density at radius 2 is 2.04 bits per heavy atom. The number of hydrogen-bond acceptors (Lipinski definition) is 2. The van der Waals surface area contributed by atoms with Crippen molar-refractivity contribution in [1.29, 1.82) is 0 Å². The number of hydrogen-bond donors (Lipinski definition) is 0. The average Bonchev–Trinajstić information content (AvgIpc) is 2.92. The van der Waals surface area contributed by atoms with Crippen LogP contribution in [0.2, 0.25) is 0 Å². The van der Waals surface area contributed by atoms with Crippen LogP contribution in [0.15, 0.2) is 41.3 Å². The van der Waals surface area contributed by atoms with Crippen molar-refractivity contribution in [3.8, 4) is 0 Å². The molecule has 0 bridgehead atoms. The number of Topliss-reactive ketones (excluding diaryl/α,β-unsaturated/α-hetero) is 1. The number of aryl methyl sites for hydroxylation is 2. The Bertz CT molecular complexity index is 1010. The number of carbonyl (C=O) groups excluding carboxylic acids is 1. The topological polar surface area (TPSA) is 22.0 Å². The summed E-state index contributed by atoms with van der Waals surface area (Å²) in [6.07, 6.45) is 3.57. The second-order valence-electron chi connectivity index (χ2n) is 7.44. The van der Waals surface area contributed by atoms with Crippen molar-refractivity contribution in [3.05, 3.63) is 59.0 Å². The molecule has 0 radical (unpaired) electrons. The average molecular weight is 379 g/mol. The van der Waals surface area contributed by atoms with Crippen LogP contribution in [-0.4, -0.2) is 23.9 Å². The number of aromatic nitrogens is 1. The van der Waals surface area contributed by atoms with Gasteiger partial charge in [0.25, 0.3) is 0 Å². The zero-order valence-corrected chi connectivity index (χ0v) is 16.7. The fraction of sp³-hybridized carbons (Fsp3) is 0.318. The lowest BCUT2D eigenvalue weighted by Crippen LogP contribution is -2.13. The van der Waals surface area contributed by atoms with Crippen LogP contribution < -0.4 is 5.46 Å². The van der Waals surface area contributed by atoms with E-state index in [2.05, 4.69) is 30.6 Å². The lowest BCUT2D eigenvalue weighted by Gasteiger charge is -2.15. The minimum atomic E-state index is -0.170. The van der Waals surface area contributed by atoms with Crippen molar-refractivity contribution >= 4 is 41.8 Å². The first kappa shape index (κ1) is 18.4. The number of benzene rings is 2. The normalized spacial score (nSPS) is 13.9.